The Balaban J connectivity index is 2.12. The molecule has 0 aliphatic carbocycles. The van der Waals surface area contributed by atoms with E-state index in [1.54, 1.807) is 0 Å². The molecule has 0 fully saturated rings. The number of hydroxylamine groups is 2. The number of primary amides is 1. The van der Waals surface area contributed by atoms with Crippen LogP contribution in [-0.4, -0.2) is 24.7 Å². The highest BCUT2D eigenvalue weighted by Gasteiger charge is 2.21. The maximum Gasteiger partial charge on any atom is 0.338 e. The summed E-state index contributed by atoms with van der Waals surface area (Å²) in [6.45, 7) is -0.336. The van der Waals surface area contributed by atoms with E-state index in [4.69, 9.17) is 15.3 Å². The number of hydrogen-bond acceptors (Lipinski definition) is 5. The second kappa shape index (κ2) is 7.43. The standard InChI is InChI=1S/C18H16FN3O5S/c19-13-5-1-12(2-6-13)17-15(10-27-16(17)9-22(24)18(20)23)11-3-7-14(8-4-11)28(21,25)26/h1-8,10,24H,9H2,(H2,20,23)(H2,21,25,26). The molecule has 1 heterocycles. The van der Waals surface area contributed by atoms with Gasteiger partial charge in [0, 0.05) is 11.1 Å². The van der Waals surface area contributed by atoms with Gasteiger partial charge in [0.15, 0.2) is 0 Å². The third-order valence-corrected chi connectivity index (χ3v) is 4.97. The van der Waals surface area contributed by atoms with E-state index >= 15 is 0 Å². The van der Waals surface area contributed by atoms with Gasteiger partial charge in [-0.3, -0.25) is 5.21 Å². The smallest absolute Gasteiger partial charge is 0.338 e. The van der Waals surface area contributed by atoms with E-state index in [0.717, 1.165) is 0 Å². The molecule has 5 N–H and O–H groups in total. The van der Waals surface area contributed by atoms with Crippen molar-refractivity contribution in [1.82, 2.24) is 5.06 Å². The van der Waals surface area contributed by atoms with Crippen LogP contribution in [0.4, 0.5) is 9.18 Å². The highest BCUT2D eigenvalue weighted by Crippen LogP contribution is 2.37. The monoisotopic (exact) mass is 405 g/mol. The van der Waals surface area contributed by atoms with E-state index in [9.17, 15) is 22.8 Å². The fourth-order valence-electron chi connectivity index (χ4n) is 2.70. The topological polar surface area (TPSA) is 140 Å². The lowest BCUT2D eigenvalue weighted by molar-refractivity contribution is -0.0511. The first-order chi connectivity index (χ1) is 13.2. The zero-order valence-corrected chi connectivity index (χ0v) is 15.2. The Kier molecular flexibility index (Phi) is 5.18. The SMILES string of the molecule is NC(=O)N(O)Cc1occ(-c2ccc(S(N)(=O)=O)cc2)c1-c1ccc(F)cc1. The lowest BCUT2D eigenvalue weighted by Crippen LogP contribution is -2.32. The summed E-state index contributed by atoms with van der Waals surface area (Å²) >= 11 is 0. The molecule has 0 radical (unpaired) electrons. The van der Waals surface area contributed by atoms with Gasteiger partial charge in [0.25, 0.3) is 0 Å². The minimum atomic E-state index is -3.85. The maximum atomic E-state index is 13.3. The van der Waals surface area contributed by atoms with Crippen molar-refractivity contribution in [3.63, 3.8) is 0 Å². The first kappa shape index (κ1) is 19.5. The molecule has 0 atom stereocenters. The zero-order chi connectivity index (χ0) is 20.5. The molecule has 0 saturated heterocycles. The molecule has 0 aliphatic rings. The second-order valence-corrected chi connectivity index (χ2v) is 7.48. The van der Waals surface area contributed by atoms with E-state index in [-0.39, 0.29) is 22.3 Å². The van der Waals surface area contributed by atoms with Crippen molar-refractivity contribution in [3.05, 3.63) is 66.4 Å². The zero-order valence-electron chi connectivity index (χ0n) is 14.4. The van der Waals surface area contributed by atoms with Crippen molar-refractivity contribution < 1.29 is 27.2 Å². The van der Waals surface area contributed by atoms with Gasteiger partial charge in [-0.1, -0.05) is 24.3 Å². The number of carbonyl (C=O) groups is 1. The number of carbonyl (C=O) groups excluding carboxylic acids is 1. The van der Waals surface area contributed by atoms with Crippen LogP contribution in [0.25, 0.3) is 22.3 Å². The molecule has 0 spiro atoms. The van der Waals surface area contributed by atoms with Crippen LogP contribution >= 0.6 is 0 Å². The lowest BCUT2D eigenvalue weighted by atomic mass is 9.96. The third-order valence-electron chi connectivity index (χ3n) is 4.04. The summed E-state index contributed by atoms with van der Waals surface area (Å²) < 4.78 is 41.7. The Morgan fingerprint density at radius 1 is 1.07 bits per heavy atom. The summed E-state index contributed by atoms with van der Waals surface area (Å²) in [5.41, 5.74) is 7.23. The molecule has 28 heavy (non-hydrogen) atoms. The Morgan fingerprint density at radius 2 is 1.64 bits per heavy atom. The molecule has 10 heteroatoms. The molecule has 2 aromatic carbocycles. The molecule has 3 aromatic rings. The summed E-state index contributed by atoms with van der Waals surface area (Å²) in [7, 11) is -3.85. The fraction of sp³-hybridized carbons (Fsp3) is 0.0556. The first-order valence-corrected chi connectivity index (χ1v) is 9.47. The van der Waals surface area contributed by atoms with E-state index in [2.05, 4.69) is 0 Å². The van der Waals surface area contributed by atoms with Crippen LogP contribution in [0, 0.1) is 5.82 Å². The number of amides is 2. The Hall–Kier alpha value is -3.21. The van der Waals surface area contributed by atoms with Crippen molar-refractivity contribution in [2.45, 2.75) is 11.4 Å². The summed E-state index contributed by atoms with van der Waals surface area (Å²) in [5.74, 6) is -0.229. The van der Waals surface area contributed by atoms with Gasteiger partial charge < -0.3 is 10.2 Å². The fourth-order valence-corrected chi connectivity index (χ4v) is 3.21. The summed E-state index contributed by atoms with van der Waals surface area (Å²) in [4.78, 5) is 11.1. The van der Waals surface area contributed by atoms with Gasteiger partial charge in [-0.25, -0.2) is 22.7 Å². The average molecular weight is 405 g/mol. The molecule has 1 aromatic heterocycles. The molecule has 2 amide bonds. The molecule has 8 nitrogen and oxygen atoms in total. The predicted octanol–water partition coefficient (Wildman–Crippen LogP) is 2.67. The summed E-state index contributed by atoms with van der Waals surface area (Å²) in [6.07, 6.45) is 1.38. The van der Waals surface area contributed by atoms with Gasteiger partial charge in [-0.15, -0.1) is 0 Å². The van der Waals surface area contributed by atoms with Crippen molar-refractivity contribution in [2.24, 2.45) is 10.9 Å². The quantitative estimate of drug-likeness (QED) is 0.442. The number of urea groups is 1. The summed E-state index contributed by atoms with van der Waals surface area (Å²) in [5, 5.41) is 15.0. The predicted molar refractivity (Wildman–Crippen MR) is 97.8 cm³/mol. The first-order valence-electron chi connectivity index (χ1n) is 7.92. The number of primary sulfonamides is 1. The number of furan rings is 1. The van der Waals surface area contributed by atoms with Gasteiger partial charge in [-0.05, 0) is 35.4 Å². The minimum absolute atomic E-state index is 0.0569. The molecular formula is C18H16FN3O5S. The van der Waals surface area contributed by atoms with Gasteiger partial charge in [-0.2, -0.15) is 5.06 Å². The van der Waals surface area contributed by atoms with Crippen molar-refractivity contribution in [3.8, 4) is 22.3 Å². The van der Waals surface area contributed by atoms with Gasteiger partial charge in [0.05, 0.1) is 11.2 Å². The van der Waals surface area contributed by atoms with Crippen molar-refractivity contribution in [2.75, 3.05) is 0 Å². The highest BCUT2D eigenvalue weighted by atomic mass is 32.2. The van der Waals surface area contributed by atoms with Crippen LogP contribution < -0.4 is 10.9 Å². The van der Waals surface area contributed by atoms with Crippen LogP contribution in [0.2, 0.25) is 0 Å². The number of sulfonamides is 1. The van der Waals surface area contributed by atoms with Gasteiger partial charge in [0.2, 0.25) is 10.0 Å². The molecule has 0 bridgehead atoms. The van der Waals surface area contributed by atoms with E-state index < -0.39 is 21.9 Å². The van der Waals surface area contributed by atoms with E-state index in [1.165, 1.54) is 54.8 Å². The number of halogens is 1. The molecular weight excluding hydrogens is 389 g/mol. The molecule has 3 rings (SSSR count). The van der Waals surface area contributed by atoms with Crippen LogP contribution in [0.5, 0.6) is 0 Å². The highest BCUT2D eigenvalue weighted by molar-refractivity contribution is 7.89. The number of hydrogen-bond donors (Lipinski definition) is 3. The van der Waals surface area contributed by atoms with E-state index in [0.29, 0.717) is 22.3 Å². The lowest BCUT2D eigenvalue weighted by Gasteiger charge is -2.12. The Morgan fingerprint density at radius 3 is 2.18 bits per heavy atom. The van der Waals surface area contributed by atoms with Crippen LogP contribution in [-0.2, 0) is 16.6 Å². The number of nitrogens with zero attached hydrogens (tertiary/aromatic N) is 1. The number of rotatable bonds is 5. The van der Waals surface area contributed by atoms with Gasteiger partial charge >= 0.3 is 6.03 Å². The number of nitrogens with two attached hydrogens (primary N) is 2. The normalized spacial score (nSPS) is 11.4. The van der Waals surface area contributed by atoms with Crippen LogP contribution in [0.1, 0.15) is 5.76 Å². The third kappa shape index (κ3) is 4.03. The average Bonchev–Trinajstić information content (AvgIpc) is 3.05. The van der Waals surface area contributed by atoms with E-state index in [1.807, 2.05) is 0 Å². The Bertz CT molecular complexity index is 1110. The molecule has 0 aliphatic heterocycles. The van der Waals surface area contributed by atoms with Crippen LogP contribution in [0.15, 0.2) is 64.1 Å². The Labute approximate surface area is 159 Å². The summed E-state index contributed by atoms with van der Waals surface area (Å²) in [6, 6.07) is 10.2. The number of benzene rings is 2. The molecule has 0 unspecified atom stereocenters. The van der Waals surface area contributed by atoms with Crippen molar-refractivity contribution in [1.29, 1.82) is 0 Å². The largest absolute Gasteiger partial charge is 0.466 e. The van der Waals surface area contributed by atoms with Gasteiger partial charge in [0.1, 0.15) is 18.1 Å². The van der Waals surface area contributed by atoms with Crippen LogP contribution in [0.3, 0.4) is 0 Å². The molecule has 146 valence electrons. The second-order valence-electron chi connectivity index (χ2n) is 5.92. The minimum Gasteiger partial charge on any atom is -0.466 e. The van der Waals surface area contributed by atoms with Crippen molar-refractivity contribution >= 4 is 16.1 Å². The maximum absolute atomic E-state index is 13.3. The molecule has 0 saturated carbocycles.